The highest BCUT2D eigenvalue weighted by atomic mass is 16.4. The molecule has 6 nitrogen and oxygen atoms in total. The average Bonchev–Trinajstić information content (AvgIpc) is 2.49. The van der Waals surface area contributed by atoms with Gasteiger partial charge in [0.05, 0.1) is 6.04 Å². The van der Waals surface area contributed by atoms with Gasteiger partial charge in [0.2, 0.25) is 0 Å². The zero-order valence-electron chi connectivity index (χ0n) is 12.2. The Morgan fingerprint density at radius 3 is 2.70 bits per heavy atom. The highest BCUT2D eigenvalue weighted by Crippen LogP contribution is 2.19. The van der Waals surface area contributed by atoms with Crippen LogP contribution in [0, 0.1) is 6.92 Å². The third-order valence-electron chi connectivity index (χ3n) is 3.88. The van der Waals surface area contributed by atoms with Crippen LogP contribution in [-0.4, -0.2) is 53.1 Å². The summed E-state index contributed by atoms with van der Waals surface area (Å²) in [5.41, 5.74) is 6.96. The lowest BCUT2D eigenvalue weighted by Gasteiger charge is -2.39. The minimum absolute atomic E-state index is 0.0204. The van der Waals surface area contributed by atoms with Gasteiger partial charge >= 0.3 is 0 Å². The summed E-state index contributed by atoms with van der Waals surface area (Å²) in [5, 5.41) is 12.0. The maximum Gasteiger partial charge on any atom is 0.156 e. The topological polar surface area (TPSA) is 78.0 Å². The number of hydrogen-bond acceptors (Lipinski definition) is 5. The van der Waals surface area contributed by atoms with Crippen LogP contribution in [0.25, 0.3) is 0 Å². The molecule has 1 unspecified atom stereocenters. The third-order valence-corrected chi connectivity index (χ3v) is 3.88. The monoisotopic (exact) mass is 277 g/mol. The summed E-state index contributed by atoms with van der Waals surface area (Å²) in [6.07, 6.45) is 2.68. The van der Waals surface area contributed by atoms with Gasteiger partial charge in [0.1, 0.15) is 5.82 Å². The molecular weight excluding hydrogens is 254 g/mol. The zero-order valence-corrected chi connectivity index (χ0v) is 12.2. The lowest BCUT2D eigenvalue weighted by Crippen LogP contribution is -2.54. The van der Waals surface area contributed by atoms with E-state index in [1.165, 1.54) is 5.56 Å². The normalized spacial score (nSPS) is 19.1. The van der Waals surface area contributed by atoms with Crippen molar-refractivity contribution in [3.05, 3.63) is 23.9 Å². The van der Waals surface area contributed by atoms with Crippen molar-refractivity contribution in [3.8, 4) is 0 Å². The van der Waals surface area contributed by atoms with Crippen LogP contribution in [0.3, 0.4) is 0 Å². The van der Waals surface area contributed by atoms with Crippen LogP contribution in [0.15, 0.2) is 23.5 Å². The number of aryl methyl sites for hydroxylation is 1. The second kappa shape index (κ2) is 6.56. The summed E-state index contributed by atoms with van der Waals surface area (Å²) in [6, 6.07) is 4.06. The number of piperazine rings is 1. The minimum Gasteiger partial charge on any atom is -0.409 e. The van der Waals surface area contributed by atoms with E-state index in [0.717, 1.165) is 38.4 Å². The molecule has 0 radical (unpaired) electrons. The lowest BCUT2D eigenvalue weighted by atomic mass is 10.1. The molecule has 1 aromatic rings. The summed E-state index contributed by atoms with van der Waals surface area (Å²) < 4.78 is 0. The molecule has 1 saturated heterocycles. The number of oxime groups is 1. The maximum atomic E-state index is 8.85. The van der Waals surface area contributed by atoms with Crippen LogP contribution in [-0.2, 0) is 0 Å². The fraction of sp³-hybridized carbons (Fsp3) is 0.571. The summed E-state index contributed by atoms with van der Waals surface area (Å²) in [7, 11) is 0. The predicted octanol–water partition coefficient (Wildman–Crippen LogP) is 1.04. The smallest absolute Gasteiger partial charge is 0.156 e. The zero-order chi connectivity index (χ0) is 14.5. The fourth-order valence-corrected chi connectivity index (χ4v) is 2.77. The van der Waals surface area contributed by atoms with E-state index < -0.39 is 0 Å². The second-order valence-electron chi connectivity index (χ2n) is 5.12. The molecule has 1 fully saturated rings. The van der Waals surface area contributed by atoms with E-state index in [-0.39, 0.29) is 6.04 Å². The molecular formula is C14H23N5O. The molecule has 0 aromatic carbocycles. The van der Waals surface area contributed by atoms with Crippen LogP contribution in [0.1, 0.15) is 18.9 Å². The number of rotatable bonds is 4. The first-order chi connectivity index (χ1) is 9.67. The number of anilines is 1. The highest BCUT2D eigenvalue weighted by molar-refractivity contribution is 5.85. The van der Waals surface area contributed by atoms with Gasteiger partial charge in [-0.15, -0.1) is 0 Å². The molecule has 1 aliphatic rings. The number of nitrogens with two attached hydrogens (primary N) is 1. The minimum atomic E-state index is 0.0204. The Morgan fingerprint density at radius 2 is 2.15 bits per heavy atom. The molecule has 1 aromatic heterocycles. The van der Waals surface area contributed by atoms with Crippen molar-refractivity contribution in [1.82, 2.24) is 9.88 Å². The van der Waals surface area contributed by atoms with Crippen molar-refractivity contribution < 1.29 is 5.21 Å². The van der Waals surface area contributed by atoms with Crippen molar-refractivity contribution in [2.75, 3.05) is 31.1 Å². The van der Waals surface area contributed by atoms with Gasteiger partial charge in [-0.3, -0.25) is 4.90 Å². The van der Waals surface area contributed by atoms with Crippen LogP contribution >= 0.6 is 0 Å². The Hall–Kier alpha value is -1.82. The standard InChI is InChI=1S/C14H23N5O/c1-3-12(13(15)17-20)18-7-9-19(10-8-18)14-11(2)5-4-6-16-14/h4-6,12,20H,3,7-10H2,1-2H3,(H2,15,17). The molecule has 6 heteroatoms. The Morgan fingerprint density at radius 1 is 1.45 bits per heavy atom. The molecule has 0 amide bonds. The van der Waals surface area contributed by atoms with E-state index in [1.54, 1.807) is 0 Å². The quantitative estimate of drug-likeness (QED) is 0.372. The summed E-state index contributed by atoms with van der Waals surface area (Å²) in [4.78, 5) is 9.03. The van der Waals surface area contributed by atoms with Crippen molar-refractivity contribution in [2.24, 2.45) is 10.9 Å². The molecule has 0 aliphatic carbocycles. The number of pyridine rings is 1. The van der Waals surface area contributed by atoms with E-state index >= 15 is 0 Å². The second-order valence-corrected chi connectivity index (χ2v) is 5.12. The highest BCUT2D eigenvalue weighted by Gasteiger charge is 2.26. The number of aromatic nitrogens is 1. The molecule has 0 saturated carbocycles. The van der Waals surface area contributed by atoms with E-state index in [4.69, 9.17) is 10.9 Å². The average molecular weight is 277 g/mol. The number of amidine groups is 1. The lowest BCUT2D eigenvalue weighted by molar-refractivity contribution is 0.215. The third kappa shape index (κ3) is 3.01. The molecule has 20 heavy (non-hydrogen) atoms. The van der Waals surface area contributed by atoms with Gasteiger partial charge in [-0.25, -0.2) is 4.98 Å². The van der Waals surface area contributed by atoms with Crippen LogP contribution in [0.4, 0.5) is 5.82 Å². The molecule has 1 aliphatic heterocycles. The van der Waals surface area contributed by atoms with Gasteiger partial charge in [-0.1, -0.05) is 18.1 Å². The molecule has 3 N–H and O–H groups in total. The predicted molar refractivity (Wildman–Crippen MR) is 80.2 cm³/mol. The van der Waals surface area contributed by atoms with E-state index in [9.17, 15) is 0 Å². The van der Waals surface area contributed by atoms with Gasteiger partial charge in [0, 0.05) is 32.4 Å². The molecule has 2 rings (SSSR count). The van der Waals surface area contributed by atoms with Crippen molar-refractivity contribution in [1.29, 1.82) is 0 Å². The van der Waals surface area contributed by atoms with Gasteiger partial charge in [-0.2, -0.15) is 0 Å². The molecule has 110 valence electrons. The van der Waals surface area contributed by atoms with E-state index in [2.05, 4.69) is 39.9 Å². The van der Waals surface area contributed by atoms with Crippen LogP contribution < -0.4 is 10.6 Å². The molecule has 0 spiro atoms. The molecule has 1 atom stereocenters. The van der Waals surface area contributed by atoms with Gasteiger partial charge in [-0.05, 0) is 25.0 Å². The Balaban J connectivity index is 2.00. The summed E-state index contributed by atoms with van der Waals surface area (Å²) >= 11 is 0. The Bertz CT molecular complexity index is 468. The first kappa shape index (κ1) is 14.6. The Labute approximate surface area is 119 Å². The maximum absolute atomic E-state index is 8.85. The van der Waals surface area contributed by atoms with Crippen molar-refractivity contribution >= 4 is 11.7 Å². The first-order valence-electron chi connectivity index (χ1n) is 7.05. The van der Waals surface area contributed by atoms with Crippen LogP contribution in [0.5, 0.6) is 0 Å². The van der Waals surface area contributed by atoms with E-state index in [0.29, 0.717) is 5.84 Å². The van der Waals surface area contributed by atoms with Gasteiger partial charge in [0.25, 0.3) is 0 Å². The Kier molecular flexibility index (Phi) is 4.79. The van der Waals surface area contributed by atoms with Gasteiger partial charge in [0.15, 0.2) is 5.84 Å². The SMILES string of the molecule is CCC(C(N)=NO)N1CCN(c2ncccc2C)CC1. The largest absolute Gasteiger partial charge is 0.409 e. The van der Waals surface area contributed by atoms with Crippen molar-refractivity contribution in [3.63, 3.8) is 0 Å². The van der Waals surface area contributed by atoms with Crippen LogP contribution in [0.2, 0.25) is 0 Å². The fourth-order valence-electron chi connectivity index (χ4n) is 2.77. The van der Waals surface area contributed by atoms with Crippen molar-refractivity contribution in [2.45, 2.75) is 26.3 Å². The molecule has 0 bridgehead atoms. The van der Waals surface area contributed by atoms with Gasteiger partial charge < -0.3 is 15.8 Å². The molecule has 2 heterocycles. The number of hydrogen-bond donors (Lipinski definition) is 2. The van der Waals surface area contributed by atoms with E-state index in [1.807, 2.05) is 12.3 Å². The number of nitrogens with zero attached hydrogens (tertiary/aromatic N) is 4. The first-order valence-corrected chi connectivity index (χ1v) is 7.05. The summed E-state index contributed by atoms with van der Waals surface area (Å²) in [5.74, 6) is 1.36. The summed E-state index contributed by atoms with van der Waals surface area (Å²) in [6.45, 7) is 7.74.